The Kier molecular flexibility index (Phi) is 7.86. The number of rotatable bonds is 10. The summed E-state index contributed by atoms with van der Waals surface area (Å²) in [7, 11) is 0. The number of nitrogens with zero attached hydrogens (tertiary/aromatic N) is 2. The predicted molar refractivity (Wildman–Crippen MR) is 138 cm³/mol. The van der Waals surface area contributed by atoms with Crippen molar-refractivity contribution in [1.82, 2.24) is 14.9 Å². The molecule has 0 spiro atoms. The van der Waals surface area contributed by atoms with Gasteiger partial charge in [-0.3, -0.25) is 4.79 Å². The molecule has 1 aromatic heterocycles. The summed E-state index contributed by atoms with van der Waals surface area (Å²) < 4.78 is 8.27. The summed E-state index contributed by atoms with van der Waals surface area (Å²) in [5.41, 5.74) is 3.77. The van der Waals surface area contributed by atoms with Gasteiger partial charge in [0.25, 0.3) is 5.91 Å². The van der Waals surface area contributed by atoms with Crippen molar-refractivity contribution in [3.63, 3.8) is 0 Å². The molecule has 1 amide bonds. The molecule has 0 saturated carbocycles. The van der Waals surface area contributed by atoms with Crippen LogP contribution in [0.4, 0.5) is 0 Å². The average Bonchev–Trinajstić information content (AvgIpc) is 3.20. The zero-order chi connectivity index (χ0) is 23.9. The topological polar surface area (TPSA) is 56.1 Å². The lowest BCUT2D eigenvalue weighted by Gasteiger charge is -2.14. The van der Waals surface area contributed by atoms with E-state index in [-0.39, 0.29) is 5.91 Å². The van der Waals surface area contributed by atoms with E-state index in [0.29, 0.717) is 29.7 Å². The number of ether oxygens (including phenoxy) is 1. The predicted octanol–water partition coefficient (Wildman–Crippen LogP) is 6.60. The number of halogens is 1. The first-order chi connectivity index (χ1) is 16.5. The van der Waals surface area contributed by atoms with E-state index in [4.69, 9.17) is 21.3 Å². The van der Waals surface area contributed by atoms with Gasteiger partial charge in [0.05, 0.1) is 24.2 Å². The lowest BCUT2D eigenvalue weighted by Crippen LogP contribution is -2.24. The van der Waals surface area contributed by atoms with Gasteiger partial charge in [-0.2, -0.15) is 0 Å². The second-order valence-corrected chi connectivity index (χ2v) is 9.05. The highest BCUT2D eigenvalue weighted by Gasteiger charge is 2.13. The van der Waals surface area contributed by atoms with Gasteiger partial charge in [-0.05, 0) is 60.7 Å². The maximum Gasteiger partial charge on any atom is 0.251 e. The molecule has 4 aromatic rings. The zero-order valence-corrected chi connectivity index (χ0v) is 20.4. The SMILES string of the molecule is CC(C)c1ccccc1OCCCCn1c(CNC(=O)c2cccc(Cl)c2)nc2ccccc21. The van der Waals surface area contributed by atoms with Crippen LogP contribution >= 0.6 is 11.6 Å². The highest BCUT2D eigenvalue weighted by molar-refractivity contribution is 6.30. The average molecular weight is 476 g/mol. The number of fused-ring (bicyclic) bond motifs is 1. The maximum atomic E-state index is 12.6. The molecule has 1 N–H and O–H groups in total. The van der Waals surface area contributed by atoms with E-state index in [1.807, 2.05) is 30.3 Å². The molecular formula is C28H30ClN3O2. The van der Waals surface area contributed by atoms with E-state index < -0.39 is 0 Å². The number of carbonyl (C=O) groups is 1. The van der Waals surface area contributed by atoms with E-state index >= 15 is 0 Å². The van der Waals surface area contributed by atoms with Crippen molar-refractivity contribution in [3.05, 3.63) is 94.8 Å². The van der Waals surface area contributed by atoms with Crippen LogP contribution in [0.5, 0.6) is 5.75 Å². The summed E-state index contributed by atoms with van der Waals surface area (Å²) in [4.78, 5) is 17.3. The number of imidazole rings is 1. The molecule has 0 atom stereocenters. The molecule has 176 valence electrons. The molecule has 0 radical (unpaired) electrons. The van der Waals surface area contributed by atoms with Crippen molar-refractivity contribution in [2.45, 2.75) is 45.7 Å². The summed E-state index contributed by atoms with van der Waals surface area (Å²) in [5.74, 6) is 2.06. The van der Waals surface area contributed by atoms with E-state index in [0.717, 1.165) is 42.0 Å². The second-order valence-electron chi connectivity index (χ2n) is 8.61. The van der Waals surface area contributed by atoms with Crippen LogP contribution in [0.1, 0.15) is 54.4 Å². The van der Waals surface area contributed by atoms with Crippen molar-refractivity contribution in [1.29, 1.82) is 0 Å². The molecule has 0 saturated heterocycles. The van der Waals surface area contributed by atoms with Crippen molar-refractivity contribution in [2.75, 3.05) is 6.61 Å². The van der Waals surface area contributed by atoms with Gasteiger partial charge in [0.15, 0.2) is 0 Å². The minimum atomic E-state index is -0.168. The Morgan fingerprint density at radius 3 is 2.65 bits per heavy atom. The largest absolute Gasteiger partial charge is 0.493 e. The minimum Gasteiger partial charge on any atom is -0.493 e. The first kappa shape index (κ1) is 23.8. The van der Waals surface area contributed by atoms with Gasteiger partial charge >= 0.3 is 0 Å². The molecule has 0 fully saturated rings. The number of nitrogens with one attached hydrogen (secondary N) is 1. The van der Waals surface area contributed by atoms with Gasteiger partial charge in [0, 0.05) is 17.1 Å². The molecule has 6 heteroatoms. The molecule has 0 aliphatic heterocycles. The van der Waals surface area contributed by atoms with Crippen molar-refractivity contribution >= 4 is 28.5 Å². The van der Waals surface area contributed by atoms with Crippen LogP contribution in [0.25, 0.3) is 11.0 Å². The van der Waals surface area contributed by atoms with E-state index in [9.17, 15) is 4.79 Å². The molecule has 5 nitrogen and oxygen atoms in total. The first-order valence-corrected chi connectivity index (χ1v) is 12.1. The van der Waals surface area contributed by atoms with Crippen molar-refractivity contribution in [3.8, 4) is 5.75 Å². The summed E-state index contributed by atoms with van der Waals surface area (Å²) in [6, 6.07) is 23.2. The standard InChI is InChI=1S/C28H30ClN3O2/c1-20(2)23-12-3-6-15-26(23)34-17-8-7-16-32-25-14-5-4-13-24(25)31-27(32)19-30-28(33)21-10-9-11-22(29)18-21/h3-6,9-15,18,20H,7-8,16-17,19H2,1-2H3,(H,30,33). The van der Waals surface area contributed by atoms with Crippen molar-refractivity contribution < 1.29 is 9.53 Å². The third kappa shape index (κ3) is 5.78. The van der Waals surface area contributed by atoms with Crippen LogP contribution in [0.3, 0.4) is 0 Å². The normalized spacial score (nSPS) is 11.2. The van der Waals surface area contributed by atoms with Gasteiger partial charge in [-0.1, -0.05) is 61.8 Å². The molecular weight excluding hydrogens is 446 g/mol. The number of unbranched alkanes of at least 4 members (excludes halogenated alkanes) is 1. The number of hydrogen-bond acceptors (Lipinski definition) is 3. The number of carbonyl (C=O) groups excluding carboxylic acids is 1. The van der Waals surface area contributed by atoms with Crippen LogP contribution < -0.4 is 10.1 Å². The monoisotopic (exact) mass is 475 g/mol. The fourth-order valence-corrected chi connectivity index (χ4v) is 4.23. The number of aromatic nitrogens is 2. The summed E-state index contributed by atoms with van der Waals surface area (Å²) in [6.07, 6.45) is 1.87. The van der Waals surface area contributed by atoms with Crippen LogP contribution in [0.2, 0.25) is 5.02 Å². The lowest BCUT2D eigenvalue weighted by molar-refractivity contribution is 0.0949. The van der Waals surface area contributed by atoms with Gasteiger partial charge in [0.1, 0.15) is 11.6 Å². The van der Waals surface area contributed by atoms with E-state index in [1.165, 1.54) is 5.56 Å². The third-order valence-electron chi connectivity index (χ3n) is 5.80. The number of amides is 1. The van der Waals surface area contributed by atoms with Crippen LogP contribution in [0, 0.1) is 0 Å². The molecule has 34 heavy (non-hydrogen) atoms. The Hall–Kier alpha value is -3.31. The van der Waals surface area contributed by atoms with Gasteiger partial charge in [-0.15, -0.1) is 0 Å². The summed E-state index contributed by atoms with van der Waals surface area (Å²) in [5, 5.41) is 3.52. The van der Waals surface area contributed by atoms with Gasteiger partial charge in [-0.25, -0.2) is 4.98 Å². The molecule has 0 unspecified atom stereocenters. The molecule has 1 heterocycles. The fraction of sp³-hybridized carbons (Fsp3) is 0.286. The Balaban J connectivity index is 1.38. The Morgan fingerprint density at radius 1 is 1.03 bits per heavy atom. The molecule has 0 aliphatic carbocycles. The van der Waals surface area contributed by atoms with E-state index in [1.54, 1.807) is 24.3 Å². The van der Waals surface area contributed by atoms with Crippen LogP contribution in [0.15, 0.2) is 72.8 Å². The number of para-hydroxylation sites is 3. The van der Waals surface area contributed by atoms with Crippen LogP contribution in [-0.2, 0) is 13.1 Å². The fourth-order valence-electron chi connectivity index (χ4n) is 4.04. The Labute approximate surface area is 205 Å². The zero-order valence-electron chi connectivity index (χ0n) is 19.6. The maximum absolute atomic E-state index is 12.6. The number of hydrogen-bond donors (Lipinski definition) is 1. The molecule has 0 bridgehead atoms. The summed E-state index contributed by atoms with van der Waals surface area (Å²) in [6.45, 7) is 6.17. The van der Waals surface area contributed by atoms with E-state index in [2.05, 4.69) is 41.9 Å². The number of benzene rings is 3. The van der Waals surface area contributed by atoms with Crippen molar-refractivity contribution in [2.24, 2.45) is 0 Å². The Morgan fingerprint density at radius 2 is 1.82 bits per heavy atom. The van der Waals surface area contributed by atoms with Gasteiger partial charge in [0.2, 0.25) is 0 Å². The van der Waals surface area contributed by atoms with Crippen LogP contribution in [-0.4, -0.2) is 22.1 Å². The third-order valence-corrected chi connectivity index (χ3v) is 6.04. The lowest BCUT2D eigenvalue weighted by atomic mass is 10.0. The second kappa shape index (κ2) is 11.2. The highest BCUT2D eigenvalue weighted by Crippen LogP contribution is 2.26. The minimum absolute atomic E-state index is 0.168. The Bertz CT molecular complexity index is 1270. The highest BCUT2D eigenvalue weighted by atomic mass is 35.5. The molecule has 0 aliphatic rings. The molecule has 3 aromatic carbocycles. The quantitative estimate of drug-likeness (QED) is 0.263. The number of aryl methyl sites for hydroxylation is 1. The molecule has 4 rings (SSSR count). The van der Waals surface area contributed by atoms with Gasteiger partial charge < -0.3 is 14.6 Å². The first-order valence-electron chi connectivity index (χ1n) is 11.7. The summed E-state index contributed by atoms with van der Waals surface area (Å²) >= 11 is 6.02. The smallest absolute Gasteiger partial charge is 0.251 e.